The van der Waals surface area contributed by atoms with Gasteiger partial charge >= 0.3 is 0 Å². The molecule has 0 aliphatic rings. The number of rotatable bonds is 5. The Morgan fingerprint density at radius 3 is 2.50 bits per heavy atom. The van der Waals surface area contributed by atoms with Gasteiger partial charge in [0.1, 0.15) is 17.0 Å². The van der Waals surface area contributed by atoms with Crippen molar-refractivity contribution in [2.24, 2.45) is 5.10 Å². The Labute approximate surface area is 163 Å². The first-order chi connectivity index (χ1) is 13.7. The van der Waals surface area contributed by atoms with Gasteiger partial charge in [0, 0.05) is 16.5 Å². The van der Waals surface area contributed by atoms with E-state index in [0.717, 1.165) is 50.1 Å². The standard InChI is InChI=1S/C23H21N3O2/c1-15-11-20(19-9-6-10-21(27-2)23(19)25-15)26-24-14-16-12-17-7-4-5-8-18(17)22(13-16)28-3/h4-14H,1-3H3,(H,25,26)/b24-14+. The van der Waals surface area contributed by atoms with Crippen LogP contribution in [0.15, 0.2) is 65.8 Å². The van der Waals surface area contributed by atoms with E-state index >= 15 is 0 Å². The van der Waals surface area contributed by atoms with E-state index in [9.17, 15) is 0 Å². The van der Waals surface area contributed by atoms with Crippen LogP contribution >= 0.6 is 0 Å². The number of aromatic nitrogens is 1. The molecular formula is C23H21N3O2. The van der Waals surface area contributed by atoms with E-state index in [1.807, 2.05) is 55.5 Å². The zero-order chi connectivity index (χ0) is 19.5. The highest BCUT2D eigenvalue weighted by atomic mass is 16.5. The topological polar surface area (TPSA) is 55.7 Å². The molecule has 5 heteroatoms. The summed E-state index contributed by atoms with van der Waals surface area (Å²) < 4.78 is 11.0. The van der Waals surface area contributed by atoms with Crippen LogP contribution in [0.4, 0.5) is 5.69 Å². The minimum absolute atomic E-state index is 0.743. The molecule has 1 N–H and O–H groups in total. The molecular weight excluding hydrogens is 350 g/mol. The Morgan fingerprint density at radius 2 is 1.68 bits per heavy atom. The van der Waals surface area contributed by atoms with Gasteiger partial charge in [-0.1, -0.05) is 36.4 Å². The molecule has 0 fully saturated rings. The fraction of sp³-hybridized carbons (Fsp3) is 0.130. The average Bonchev–Trinajstić information content (AvgIpc) is 2.72. The lowest BCUT2D eigenvalue weighted by atomic mass is 10.1. The monoisotopic (exact) mass is 371 g/mol. The van der Waals surface area contributed by atoms with Crippen molar-refractivity contribution in [2.75, 3.05) is 19.6 Å². The molecule has 140 valence electrons. The fourth-order valence-corrected chi connectivity index (χ4v) is 3.32. The van der Waals surface area contributed by atoms with E-state index in [1.54, 1.807) is 20.4 Å². The van der Waals surface area contributed by atoms with Crippen molar-refractivity contribution in [3.8, 4) is 11.5 Å². The largest absolute Gasteiger partial charge is 0.496 e. The van der Waals surface area contributed by atoms with Gasteiger partial charge in [-0.3, -0.25) is 5.43 Å². The Balaban J connectivity index is 1.68. The third-order valence-electron chi connectivity index (χ3n) is 4.62. The van der Waals surface area contributed by atoms with Gasteiger partial charge in [0.2, 0.25) is 0 Å². The highest BCUT2D eigenvalue weighted by Gasteiger charge is 2.08. The predicted molar refractivity (Wildman–Crippen MR) is 115 cm³/mol. The number of benzene rings is 3. The molecule has 0 saturated heterocycles. The molecule has 0 unspecified atom stereocenters. The summed E-state index contributed by atoms with van der Waals surface area (Å²) in [4.78, 5) is 4.60. The molecule has 1 aromatic heterocycles. The Kier molecular flexibility index (Phi) is 4.81. The maximum Gasteiger partial charge on any atom is 0.145 e. The molecule has 0 amide bonds. The average molecular weight is 371 g/mol. The van der Waals surface area contributed by atoms with Crippen molar-refractivity contribution in [1.29, 1.82) is 0 Å². The third kappa shape index (κ3) is 3.34. The molecule has 28 heavy (non-hydrogen) atoms. The third-order valence-corrected chi connectivity index (χ3v) is 4.62. The minimum atomic E-state index is 0.743. The molecule has 1 heterocycles. The second-order valence-corrected chi connectivity index (χ2v) is 6.48. The van der Waals surface area contributed by atoms with E-state index in [1.165, 1.54) is 0 Å². The number of fused-ring (bicyclic) bond motifs is 2. The number of hydrogen-bond donors (Lipinski definition) is 1. The number of aryl methyl sites for hydroxylation is 1. The second-order valence-electron chi connectivity index (χ2n) is 6.48. The number of hydrazone groups is 1. The van der Waals surface area contributed by atoms with E-state index in [0.29, 0.717) is 0 Å². The predicted octanol–water partition coefficient (Wildman–Crippen LogP) is 5.16. The van der Waals surface area contributed by atoms with Crippen LogP contribution in [-0.2, 0) is 0 Å². The van der Waals surface area contributed by atoms with Gasteiger partial charge in [0.25, 0.3) is 0 Å². The normalized spacial score (nSPS) is 11.2. The zero-order valence-corrected chi connectivity index (χ0v) is 16.1. The molecule has 0 saturated carbocycles. The van der Waals surface area contributed by atoms with E-state index < -0.39 is 0 Å². The van der Waals surface area contributed by atoms with Crippen LogP contribution < -0.4 is 14.9 Å². The van der Waals surface area contributed by atoms with Gasteiger partial charge in [-0.15, -0.1) is 0 Å². The van der Waals surface area contributed by atoms with E-state index in [-0.39, 0.29) is 0 Å². The summed E-state index contributed by atoms with van der Waals surface area (Å²) in [6.45, 7) is 1.95. The number of hydrogen-bond acceptors (Lipinski definition) is 5. The molecule has 0 aliphatic carbocycles. The van der Waals surface area contributed by atoms with Crippen molar-refractivity contribution in [3.63, 3.8) is 0 Å². The molecule has 4 rings (SSSR count). The number of pyridine rings is 1. The van der Waals surface area contributed by atoms with Crippen LogP contribution in [0.2, 0.25) is 0 Å². The van der Waals surface area contributed by atoms with Gasteiger partial charge in [0.15, 0.2) is 0 Å². The Bertz CT molecular complexity index is 1190. The van der Waals surface area contributed by atoms with E-state index in [4.69, 9.17) is 9.47 Å². The summed E-state index contributed by atoms with van der Waals surface area (Å²) in [5.41, 5.74) is 6.69. The quantitative estimate of drug-likeness (QED) is 0.389. The lowest BCUT2D eigenvalue weighted by molar-refractivity contribution is 0.419. The Morgan fingerprint density at radius 1 is 0.893 bits per heavy atom. The number of anilines is 1. The summed E-state index contributed by atoms with van der Waals surface area (Å²) in [6, 6.07) is 20.0. The van der Waals surface area contributed by atoms with Gasteiger partial charge in [-0.05, 0) is 42.1 Å². The maximum atomic E-state index is 5.53. The molecule has 0 atom stereocenters. The van der Waals surface area contributed by atoms with Crippen LogP contribution in [0, 0.1) is 6.92 Å². The van der Waals surface area contributed by atoms with Crippen LogP contribution in [0.1, 0.15) is 11.3 Å². The summed E-state index contributed by atoms with van der Waals surface area (Å²) >= 11 is 0. The second kappa shape index (κ2) is 7.56. The van der Waals surface area contributed by atoms with E-state index in [2.05, 4.69) is 27.6 Å². The number of nitrogens with one attached hydrogen (secondary N) is 1. The molecule has 3 aromatic carbocycles. The first-order valence-corrected chi connectivity index (χ1v) is 9.00. The van der Waals surface area contributed by atoms with Gasteiger partial charge < -0.3 is 9.47 Å². The van der Waals surface area contributed by atoms with Crippen molar-refractivity contribution in [1.82, 2.24) is 4.98 Å². The highest BCUT2D eigenvalue weighted by molar-refractivity contribution is 5.97. The number of para-hydroxylation sites is 1. The first-order valence-electron chi connectivity index (χ1n) is 9.00. The van der Waals surface area contributed by atoms with Gasteiger partial charge in [-0.2, -0.15) is 5.10 Å². The van der Waals surface area contributed by atoms with Gasteiger partial charge in [0.05, 0.1) is 26.1 Å². The van der Waals surface area contributed by atoms with Crippen molar-refractivity contribution >= 4 is 33.6 Å². The molecule has 0 aliphatic heterocycles. The lowest BCUT2D eigenvalue weighted by Crippen LogP contribution is -1.97. The smallest absolute Gasteiger partial charge is 0.145 e. The number of methoxy groups -OCH3 is 2. The molecule has 0 bridgehead atoms. The van der Waals surface area contributed by atoms with Crippen molar-refractivity contribution in [3.05, 3.63) is 71.9 Å². The summed E-state index contributed by atoms with van der Waals surface area (Å²) in [6.07, 6.45) is 1.79. The zero-order valence-electron chi connectivity index (χ0n) is 16.1. The fourth-order valence-electron chi connectivity index (χ4n) is 3.32. The SMILES string of the molecule is COc1cc(/C=N/Nc2cc(C)nc3c(OC)cccc23)cc2ccccc12. The Hall–Kier alpha value is -3.60. The number of ether oxygens (including phenoxy) is 2. The minimum Gasteiger partial charge on any atom is -0.496 e. The number of nitrogens with zero attached hydrogens (tertiary/aromatic N) is 2. The molecule has 4 aromatic rings. The van der Waals surface area contributed by atoms with Crippen LogP contribution in [0.5, 0.6) is 11.5 Å². The lowest BCUT2D eigenvalue weighted by Gasteiger charge is -2.10. The van der Waals surface area contributed by atoms with Crippen LogP contribution in [-0.4, -0.2) is 25.4 Å². The molecule has 5 nitrogen and oxygen atoms in total. The van der Waals surface area contributed by atoms with Gasteiger partial charge in [-0.25, -0.2) is 4.98 Å². The molecule has 0 spiro atoms. The first kappa shape index (κ1) is 17.8. The van der Waals surface area contributed by atoms with Crippen molar-refractivity contribution < 1.29 is 9.47 Å². The maximum absolute atomic E-state index is 5.53. The van der Waals surface area contributed by atoms with Crippen molar-refractivity contribution in [2.45, 2.75) is 6.92 Å². The van der Waals surface area contributed by atoms with Crippen LogP contribution in [0.3, 0.4) is 0 Å². The summed E-state index contributed by atoms with van der Waals surface area (Å²) in [7, 11) is 3.33. The van der Waals surface area contributed by atoms with Crippen LogP contribution in [0.25, 0.3) is 21.7 Å². The summed E-state index contributed by atoms with van der Waals surface area (Å²) in [5, 5.41) is 7.59. The highest BCUT2D eigenvalue weighted by Crippen LogP contribution is 2.30. The molecule has 0 radical (unpaired) electrons. The summed E-state index contributed by atoms with van der Waals surface area (Å²) in [5.74, 6) is 1.57.